The molecule has 0 bridgehead atoms. The predicted octanol–water partition coefficient (Wildman–Crippen LogP) is 16.3. The molecule has 0 radical (unpaired) electrons. The van der Waals surface area contributed by atoms with Crippen LogP contribution < -0.4 is 4.90 Å². The van der Waals surface area contributed by atoms with Gasteiger partial charge in [-0.05, 0) is 104 Å². The second kappa shape index (κ2) is 14.4. The van der Waals surface area contributed by atoms with Gasteiger partial charge >= 0.3 is 0 Å². The molecule has 13 rings (SSSR count). The molecule has 0 unspecified atom stereocenters. The standard InChI is InChI=1S/C62H41NS/c1-5-20-42(21-6-1)61(43-22-7-2-8-23-43)55-33-18-15-30-51(55)60-56(61)34-19-35-57(60)63(46-26-11-4-12-27-46)47-37-39-58-52(41-47)50-38-36-45(40-59(50)64-58)62(44-24-9-3-10-25-44)53-31-16-13-28-48(53)49-29-14-17-32-54(49)62/h1-41H. The number of para-hydroxylation sites is 1. The molecule has 1 heterocycles. The van der Waals surface area contributed by atoms with E-state index in [1.165, 1.54) is 86.9 Å². The zero-order valence-electron chi connectivity index (χ0n) is 35.0. The number of hydrogen-bond donors (Lipinski definition) is 0. The molecule has 10 aromatic carbocycles. The van der Waals surface area contributed by atoms with Crippen LogP contribution in [0.15, 0.2) is 249 Å². The first-order chi connectivity index (χ1) is 31.8. The second-order valence-electron chi connectivity index (χ2n) is 17.1. The maximum atomic E-state index is 2.48. The van der Waals surface area contributed by atoms with Crippen molar-refractivity contribution in [3.63, 3.8) is 0 Å². The van der Waals surface area contributed by atoms with Crippen LogP contribution in [0.2, 0.25) is 0 Å². The number of nitrogens with zero attached hydrogens (tertiary/aromatic N) is 1. The molecule has 0 amide bonds. The van der Waals surface area contributed by atoms with Crippen LogP contribution in [0.5, 0.6) is 0 Å². The van der Waals surface area contributed by atoms with E-state index in [1.54, 1.807) is 0 Å². The number of fused-ring (bicyclic) bond motifs is 9. The van der Waals surface area contributed by atoms with E-state index in [1.807, 2.05) is 11.3 Å². The van der Waals surface area contributed by atoms with E-state index in [9.17, 15) is 0 Å². The fraction of sp³-hybridized carbons (Fsp3) is 0.0323. The molecule has 11 aromatic rings. The predicted molar refractivity (Wildman–Crippen MR) is 269 cm³/mol. The highest BCUT2D eigenvalue weighted by molar-refractivity contribution is 7.25. The highest BCUT2D eigenvalue weighted by atomic mass is 32.1. The lowest BCUT2D eigenvalue weighted by molar-refractivity contribution is 0.768. The molecule has 2 heteroatoms. The molecule has 0 N–H and O–H groups in total. The van der Waals surface area contributed by atoms with Crippen LogP contribution >= 0.6 is 11.3 Å². The van der Waals surface area contributed by atoms with Crippen molar-refractivity contribution in [2.24, 2.45) is 0 Å². The number of thiophene rings is 1. The third kappa shape index (κ3) is 5.12. The van der Waals surface area contributed by atoms with Gasteiger partial charge in [0.05, 0.1) is 16.5 Å². The number of anilines is 3. The number of benzene rings is 10. The highest BCUT2D eigenvalue weighted by Crippen LogP contribution is 2.60. The molecule has 1 aromatic heterocycles. The highest BCUT2D eigenvalue weighted by Gasteiger charge is 2.48. The summed E-state index contributed by atoms with van der Waals surface area (Å²) >= 11 is 1.89. The molecule has 0 saturated carbocycles. The van der Waals surface area contributed by atoms with Crippen LogP contribution in [0.3, 0.4) is 0 Å². The van der Waals surface area contributed by atoms with Crippen molar-refractivity contribution in [1.29, 1.82) is 0 Å². The lowest BCUT2D eigenvalue weighted by Crippen LogP contribution is -2.28. The Morgan fingerprint density at radius 3 is 1.38 bits per heavy atom. The summed E-state index contributed by atoms with van der Waals surface area (Å²) in [5, 5.41) is 2.54. The SMILES string of the molecule is c1ccc(N(c2ccc3sc4cc(C5(c6ccccc6)c6ccccc6-c6ccccc65)ccc4c3c2)c2cccc3c2-c2ccccc2C3(c2ccccc2)c2ccccc2)cc1. The summed E-state index contributed by atoms with van der Waals surface area (Å²) in [5.41, 5.74) is 18.0. The third-order valence-corrected chi connectivity index (χ3v) is 15.2. The number of hydrogen-bond acceptors (Lipinski definition) is 2. The molecule has 0 saturated heterocycles. The summed E-state index contributed by atoms with van der Waals surface area (Å²) < 4.78 is 2.57. The van der Waals surface area contributed by atoms with Gasteiger partial charge in [-0.2, -0.15) is 0 Å². The molecule has 1 nitrogen and oxygen atoms in total. The van der Waals surface area contributed by atoms with Gasteiger partial charge in [0.15, 0.2) is 0 Å². The van der Waals surface area contributed by atoms with Crippen molar-refractivity contribution in [2.75, 3.05) is 4.90 Å². The van der Waals surface area contributed by atoms with Crippen molar-refractivity contribution in [3.8, 4) is 22.3 Å². The zero-order chi connectivity index (χ0) is 42.2. The Bertz CT molecular complexity index is 3470. The third-order valence-electron chi connectivity index (χ3n) is 14.0. The van der Waals surface area contributed by atoms with Gasteiger partial charge in [0, 0.05) is 37.1 Å². The quantitative estimate of drug-likeness (QED) is 0.155. The van der Waals surface area contributed by atoms with E-state index in [2.05, 4.69) is 254 Å². The zero-order valence-corrected chi connectivity index (χ0v) is 35.8. The Morgan fingerprint density at radius 1 is 0.297 bits per heavy atom. The topological polar surface area (TPSA) is 3.24 Å². The molecule has 2 aliphatic rings. The van der Waals surface area contributed by atoms with Crippen molar-refractivity contribution in [3.05, 3.63) is 293 Å². The summed E-state index contributed by atoms with van der Waals surface area (Å²) in [5.74, 6) is 0. The first-order valence-corrected chi connectivity index (χ1v) is 23.0. The van der Waals surface area contributed by atoms with Crippen molar-refractivity contribution < 1.29 is 0 Å². The summed E-state index contributed by atoms with van der Waals surface area (Å²) in [6.45, 7) is 0. The Balaban J connectivity index is 1.02. The normalized spacial score (nSPS) is 13.9. The van der Waals surface area contributed by atoms with Crippen molar-refractivity contribution >= 4 is 48.6 Å². The Hall–Kier alpha value is -7.78. The average molecular weight is 832 g/mol. The average Bonchev–Trinajstić information content (AvgIpc) is 4.00. The molecule has 0 aliphatic heterocycles. The van der Waals surface area contributed by atoms with E-state index in [0.29, 0.717) is 0 Å². The molecule has 2 aliphatic carbocycles. The van der Waals surface area contributed by atoms with E-state index in [-0.39, 0.29) is 0 Å². The monoisotopic (exact) mass is 831 g/mol. The Kier molecular flexibility index (Phi) is 8.28. The smallest absolute Gasteiger partial charge is 0.0714 e. The lowest BCUT2D eigenvalue weighted by Gasteiger charge is -2.34. The van der Waals surface area contributed by atoms with E-state index >= 15 is 0 Å². The van der Waals surface area contributed by atoms with E-state index in [4.69, 9.17) is 0 Å². The van der Waals surface area contributed by atoms with Crippen LogP contribution in [0, 0.1) is 0 Å². The van der Waals surface area contributed by atoms with Crippen LogP contribution in [0.1, 0.15) is 44.5 Å². The molecule has 0 spiro atoms. The Morgan fingerprint density at radius 2 is 0.781 bits per heavy atom. The largest absolute Gasteiger partial charge is 0.310 e. The minimum absolute atomic E-state index is 0.438. The van der Waals surface area contributed by atoms with Gasteiger partial charge in [0.1, 0.15) is 0 Å². The van der Waals surface area contributed by atoms with Crippen LogP contribution in [0.25, 0.3) is 42.4 Å². The fourth-order valence-corrected chi connectivity index (χ4v) is 12.6. The van der Waals surface area contributed by atoms with Crippen LogP contribution in [-0.2, 0) is 10.8 Å². The first kappa shape index (κ1) is 36.8. The van der Waals surface area contributed by atoms with Gasteiger partial charge in [0.25, 0.3) is 0 Å². The molecule has 300 valence electrons. The van der Waals surface area contributed by atoms with Gasteiger partial charge in [-0.1, -0.05) is 206 Å². The molecular weight excluding hydrogens is 791 g/mol. The first-order valence-electron chi connectivity index (χ1n) is 22.2. The summed E-state index contributed by atoms with van der Waals surface area (Å²) in [4.78, 5) is 2.48. The minimum Gasteiger partial charge on any atom is -0.310 e. The minimum atomic E-state index is -0.491. The summed E-state index contributed by atoms with van der Waals surface area (Å²) in [6, 6.07) is 92.5. The van der Waals surface area contributed by atoms with Gasteiger partial charge in [-0.3, -0.25) is 0 Å². The molecule has 0 atom stereocenters. The summed E-state index contributed by atoms with van der Waals surface area (Å²) in [7, 11) is 0. The molecule has 0 fully saturated rings. The van der Waals surface area contributed by atoms with E-state index < -0.39 is 10.8 Å². The molecular formula is C62H41NS. The van der Waals surface area contributed by atoms with Gasteiger partial charge < -0.3 is 4.90 Å². The second-order valence-corrected chi connectivity index (χ2v) is 18.2. The van der Waals surface area contributed by atoms with Crippen LogP contribution in [-0.4, -0.2) is 0 Å². The van der Waals surface area contributed by atoms with Crippen LogP contribution in [0.4, 0.5) is 17.1 Å². The fourth-order valence-electron chi connectivity index (χ4n) is 11.5. The van der Waals surface area contributed by atoms with Gasteiger partial charge in [0.2, 0.25) is 0 Å². The molecule has 64 heavy (non-hydrogen) atoms. The maximum Gasteiger partial charge on any atom is 0.0714 e. The summed E-state index contributed by atoms with van der Waals surface area (Å²) in [6.07, 6.45) is 0. The van der Waals surface area contributed by atoms with Gasteiger partial charge in [-0.25, -0.2) is 0 Å². The van der Waals surface area contributed by atoms with Crippen molar-refractivity contribution in [2.45, 2.75) is 10.8 Å². The van der Waals surface area contributed by atoms with Gasteiger partial charge in [-0.15, -0.1) is 11.3 Å². The lowest BCUT2D eigenvalue weighted by atomic mass is 9.67. The van der Waals surface area contributed by atoms with E-state index in [0.717, 1.165) is 17.1 Å². The maximum absolute atomic E-state index is 2.48. The van der Waals surface area contributed by atoms with Crippen molar-refractivity contribution in [1.82, 2.24) is 0 Å². The number of rotatable bonds is 7. The Labute approximate surface area is 377 Å².